The van der Waals surface area contributed by atoms with Crippen molar-refractivity contribution in [2.45, 2.75) is 41.0 Å². The summed E-state index contributed by atoms with van der Waals surface area (Å²) in [7, 11) is 0. The third kappa shape index (κ3) is 4.98. The molecule has 0 bridgehead atoms. The van der Waals surface area contributed by atoms with Crippen LogP contribution in [-0.4, -0.2) is 38.0 Å². The molecule has 38 heavy (non-hydrogen) atoms. The summed E-state index contributed by atoms with van der Waals surface area (Å²) in [4.78, 5) is 16.5. The Kier molecular flexibility index (Phi) is 8.65. The minimum atomic E-state index is -1.95. The fraction of sp³-hybridized carbons (Fsp3) is 0.344. The van der Waals surface area contributed by atoms with Crippen molar-refractivity contribution in [3.63, 3.8) is 0 Å². The second-order valence-corrected chi connectivity index (χ2v) is 13.3. The van der Waals surface area contributed by atoms with Crippen LogP contribution in [0.2, 0.25) is 0 Å². The molecule has 5 nitrogen and oxygen atoms in total. The van der Waals surface area contributed by atoms with Crippen molar-refractivity contribution in [3.05, 3.63) is 71.2 Å². The smallest absolute Gasteiger partial charge is 0.338 e. The first-order valence-electron chi connectivity index (χ1n) is 13.6. The third-order valence-electron chi connectivity index (χ3n) is 7.44. The number of rotatable bonds is 9. The molecule has 0 N–H and O–H groups in total. The Morgan fingerprint density at radius 1 is 0.947 bits per heavy atom. The summed E-state index contributed by atoms with van der Waals surface area (Å²) in [5, 5.41) is 11.1. The second-order valence-electron chi connectivity index (χ2n) is 9.39. The van der Waals surface area contributed by atoms with E-state index in [0.717, 1.165) is 75.9 Å². The summed E-state index contributed by atoms with van der Waals surface area (Å²) >= 11 is 0. The molecule has 0 radical (unpaired) electrons. The molecule has 1 heterocycles. The molecule has 0 saturated heterocycles. The number of anilines is 1. The quantitative estimate of drug-likeness (QED) is 0.123. The SMILES string of the molecule is CCCOC(=O)c1ccccc1-c1c2ccc(=P(C#N)(CC)CC)cc-2oc2cc(N(CC)CC)ccc12. The number of nitriles is 1. The first-order valence-corrected chi connectivity index (χ1v) is 15.8. The molecule has 198 valence electrons. The molecule has 0 fully saturated rings. The number of fused-ring (bicyclic) bond motifs is 2. The van der Waals surface area contributed by atoms with Crippen LogP contribution in [0.1, 0.15) is 51.4 Å². The predicted octanol–water partition coefficient (Wildman–Crippen LogP) is 8.69. The molecule has 4 rings (SSSR count). The Bertz CT molecular complexity index is 1550. The Balaban J connectivity index is 2.13. The van der Waals surface area contributed by atoms with E-state index in [0.29, 0.717) is 12.2 Å². The Hall–Kier alpha value is -3.48. The minimum Gasteiger partial charge on any atom is -0.462 e. The van der Waals surface area contributed by atoms with E-state index in [1.807, 2.05) is 31.2 Å². The zero-order valence-corrected chi connectivity index (χ0v) is 24.0. The summed E-state index contributed by atoms with van der Waals surface area (Å²) in [6.45, 7) is 10.7. The van der Waals surface area contributed by atoms with Crippen LogP contribution in [0.3, 0.4) is 0 Å². The van der Waals surface area contributed by atoms with Gasteiger partial charge in [-0.05, 0) is 80.3 Å². The van der Waals surface area contributed by atoms with Crippen molar-refractivity contribution in [1.29, 1.82) is 5.26 Å². The van der Waals surface area contributed by atoms with Gasteiger partial charge in [-0.2, -0.15) is 5.26 Å². The highest BCUT2D eigenvalue weighted by molar-refractivity contribution is 7.72. The molecule has 1 aliphatic carbocycles. The normalized spacial score (nSPS) is 11.5. The lowest BCUT2D eigenvalue weighted by molar-refractivity contribution is 0.0506. The number of hydrogen-bond donors (Lipinski definition) is 0. The van der Waals surface area contributed by atoms with Crippen molar-refractivity contribution in [2.75, 3.05) is 36.9 Å². The zero-order chi connectivity index (χ0) is 27.3. The molecule has 0 atom stereocenters. The van der Waals surface area contributed by atoms with Gasteiger partial charge in [0.25, 0.3) is 0 Å². The maximum absolute atomic E-state index is 13.1. The van der Waals surface area contributed by atoms with E-state index < -0.39 is 6.89 Å². The van der Waals surface area contributed by atoms with Crippen molar-refractivity contribution >= 4 is 29.5 Å². The number of hydrogen-bond acceptors (Lipinski definition) is 5. The number of benzene rings is 3. The van der Waals surface area contributed by atoms with Gasteiger partial charge in [0.1, 0.15) is 11.3 Å². The van der Waals surface area contributed by atoms with E-state index in [1.54, 1.807) is 0 Å². The fourth-order valence-electron chi connectivity index (χ4n) is 5.15. The Morgan fingerprint density at radius 3 is 2.34 bits per heavy atom. The molecule has 2 aromatic rings. The third-order valence-corrected chi connectivity index (χ3v) is 11.2. The zero-order valence-electron chi connectivity index (χ0n) is 23.1. The van der Waals surface area contributed by atoms with Crippen LogP contribution in [0, 0.1) is 16.0 Å². The van der Waals surface area contributed by atoms with Crippen LogP contribution >= 0.6 is 6.89 Å². The van der Waals surface area contributed by atoms with Gasteiger partial charge in [0, 0.05) is 41.4 Å². The van der Waals surface area contributed by atoms with Gasteiger partial charge in [-0.15, -0.1) is 0 Å². The van der Waals surface area contributed by atoms with Crippen LogP contribution in [0.15, 0.2) is 65.1 Å². The molecule has 0 aromatic heterocycles. The van der Waals surface area contributed by atoms with E-state index in [9.17, 15) is 10.1 Å². The Labute approximate surface area is 226 Å². The highest BCUT2D eigenvalue weighted by Gasteiger charge is 2.23. The molecule has 0 spiro atoms. The van der Waals surface area contributed by atoms with E-state index in [1.165, 1.54) is 0 Å². The molecule has 0 amide bonds. The first kappa shape index (κ1) is 27.6. The molecule has 0 saturated carbocycles. The average molecular weight is 529 g/mol. The van der Waals surface area contributed by atoms with E-state index in [4.69, 9.17) is 9.15 Å². The first-order chi connectivity index (χ1) is 18.5. The number of nitrogens with zero attached hydrogens (tertiary/aromatic N) is 2. The topological polar surface area (TPSA) is 66.5 Å². The summed E-state index contributed by atoms with van der Waals surface area (Å²) in [5.41, 5.74) is 5.04. The number of esters is 1. The highest BCUT2D eigenvalue weighted by atomic mass is 31.2. The minimum absolute atomic E-state index is 0.327. The summed E-state index contributed by atoms with van der Waals surface area (Å²) in [6.07, 6.45) is 2.41. The average Bonchev–Trinajstić information content (AvgIpc) is 2.96. The maximum Gasteiger partial charge on any atom is 0.338 e. The van der Waals surface area contributed by atoms with Crippen LogP contribution in [0.5, 0.6) is 0 Å². The largest absolute Gasteiger partial charge is 0.462 e. The van der Waals surface area contributed by atoms with Gasteiger partial charge in [-0.25, -0.2) is 4.79 Å². The van der Waals surface area contributed by atoms with Crippen molar-refractivity contribution in [2.24, 2.45) is 0 Å². The summed E-state index contributed by atoms with van der Waals surface area (Å²) in [5.74, 6) is 3.06. The number of carbonyl (C=O) groups excluding carboxylic acids is 1. The lowest BCUT2D eigenvalue weighted by atomic mass is 9.90. The molecule has 2 aliphatic rings. The van der Waals surface area contributed by atoms with E-state index in [-0.39, 0.29) is 5.97 Å². The lowest BCUT2D eigenvalue weighted by Gasteiger charge is -2.23. The number of carbonyl (C=O) groups is 1. The van der Waals surface area contributed by atoms with Gasteiger partial charge < -0.3 is 14.1 Å². The molecule has 6 heteroatoms. The van der Waals surface area contributed by atoms with E-state index >= 15 is 0 Å². The molecular weight excluding hydrogens is 491 g/mol. The molecule has 2 aromatic carbocycles. The van der Waals surface area contributed by atoms with Crippen LogP contribution in [0.4, 0.5) is 5.69 Å². The van der Waals surface area contributed by atoms with Gasteiger partial charge in [0.2, 0.25) is 0 Å². The van der Waals surface area contributed by atoms with Gasteiger partial charge in [-0.1, -0.05) is 45.0 Å². The Morgan fingerprint density at radius 2 is 1.68 bits per heavy atom. The summed E-state index contributed by atoms with van der Waals surface area (Å²) in [6, 6.07) is 20.1. The molecular formula is C32H37N2O3P. The second kappa shape index (κ2) is 11.9. The lowest BCUT2D eigenvalue weighted by Crippen LogP contribution is -2.21. The summed E-state index contributed by atoms with van der Waals surface area (Å²) < 4.78 is 12.1. The predicted molar refractivity (Wildman–Crippen MR) is 159 cm³/mol. The van der Waals surface area contributed by atoms with E-state index in [2.05, 4.69) is 74.8 Å². The van der Waals surface area contributed by atoms with Crippen LogP contribution < -0.4 is 4.90 Å². The van der Waals surface area contributed by atoms with Gasteiger partial charge in [0.15, 0.2) is 0 Å². The van der Waals surface area contributed by atoms with Crippen molar-refractivity contribution in [1.82, 2.24) is 0 Å². The molecule has 1 aliphatic heterocycles. The van der Waals surface area contributed by atoms with Crippen LogP contribution in [0.25, 0.3) is 33.4 Å². The van der Waals surface area contributed by atoms with Gasteiger partial charge in [0.05, 0.1) is 18.0 Å². The standard InChI is InChI=1S/C32H37N2O3P/c1-6-19-36-32(35)26-14-12-11-13-25(26)31-27-17-15-23(34(7-2)8-3)20-29(27)37-30-21-24(16-18-28(30)31)38(9-4,10-5)22-33/h11-18,20-21H,6-10,19H2,1-5H3. The highest BCUT2D eigenvalue weighted by Crippen LogP contribution is 2.50. The van der Waals surface area contributed by atoms with Crippen molar-refractivity contribution < 1.29 is 13.9 Å². The van der Waals surface area contributed by atoms with Gasteiger partial charge in [-0.3, -0.25) is 0 Å². The number of ether oxygens (including phenoxy) is 1. The maximum atomic E-state index is 13.1. The fourth-order valence-corrected chi connectivity index (χ4v) is 7.45. The van der Waals surface area contributed by atoms with Gasteiger partial charge >= 0.3 is 5.97 Å². The van der Waals surface area contributed by atoms with Crippen LogP contribution in [-0.2, 0) is 4.74 Å². The monoisotopic (exact) mass is 528 g/mol. The molecule has 0 unspecified atom stereocenters. The van der Waals surface area contributed by atoms with Crippen molar-refractivity contribution in [3.8, 4) is 28.3 Å².